The maximum atomic E-state index is 12.1. The van der Waals surface area contributed by atoms with Crippen LogP contribution in [0.25, 0.3) is 0 Å². The Morgan fingerprint density at radius 3 is 2.39 bits per heavy atom. The zero-order chi connectivity index (χ0) is 16.7. The SMILES string of the molecule is Cc1cccc(CC(=O)Nc2ccc(NCCN(C)C)cc2)c1. The van der Waals surface area contributed by atoms with Crippen LogP contribution in [0.3, 0.4) is 0 Å². The van der Waals surface area contributed by atoms with Crippen LogP contribution in [-0.4, -0.2) is 38.0 Å². The van der Waals surface area contributed by atoms with Gasteiger partial charge in [0.1, 0.15) is 0 Å². The Labute approximate surface area is 138 Å². The molecule has 0 unspecified atom stereocenters. The largest absolute Gasteiger partial charge is 0.384 e. The van der Waals surface area contributed by atoms with Crippen molar-refractivity contribution >= 4 is 17.3 Å². The van der Waals surface area contributed by atoms with Gasteiger partial charge in [0, 0.05) is 24.5 Å². The molecule has 2 aromatic rings. The number of likely N-dealkylation sites (N-methyl/N-ethyl adjacent to an activating group) is 1. The van der Waals surface area contributed by atoms with Gasteiger partial charge in [0.25, 0.3) is 0 Å². The maximum Gasteiger partial charge on any atom is 0.228 e. The highest BCUT2D eigenvalue weighted by molar-refractivity contribution is 5.92. The number of anilines is 2. The summed E-state index contributed by atoms with van der Waals surface area (Å²) in [6.45, 7) is 3.91. The smallest absolute Gasteiger partial charge is 0.228 e. The van der Waals surface area contributed by atoms with E-state index in [1.807, 2.05) is 55.5 Å². The summed E-state index contributed by atoms with van der Waals surface area (Å²) in [6, 6.07) is 15.8. The summed E-state index contributed by atoms with van der Waals surface area (Å²) in [7, 11) is 4.10. The molecule has 0 aromatic heterocycles. The Hall–Kier alpha value is -2.33. The molecule has 0 saturated heterocycles. The molecule has 0 aliphatic heterocycles. The molecule has 23 heavy (non-hydrogen) atoms. The highest BCUT2D eigenvalue weighted by atomic mass is 16.1. The predicted octanol–water partition coefficient (Wildman–Crippen LogP) is 3.15. The second-order valence-electron chi connectivity index (χ2n) is 6.02. The molecule has 0 heterocycles. The van der Waals surface area contributed by atoms with Crippen LogP contribution in [0.5, 0.6) is 0 Å². The lowest BCUT2D eigenvalue weighted by Gasteiger charge is -2.12. The molecule has 0 fully saturated rings. The van der Waals surface area contributed by atoms with Crippen molar-refractivity contribution in [1.29, 1.82) is 0 Å². The molecule has 2 rings (SSSR count). The van der Waals surface area contributed by atoms with E-state index in [1.54, 1.807) is 0 Å². The highest BCUT2D eigenvalue weighted by Crippen LogP contribution is 2.14. The second kappa shape index (κ2) is 8.34. The fourth-order valence-corrected chi connectivity index (χ4v) is 2.31. The minimum Gasteiger partial charge on any atom is -0.384 e. The molecule has 0 spiro atoms. The number of amides is 1. The molecule has 0 saturated carbocycles. The zero-order valence-electron chi connectivity index (χ0n) is 14.1. The molecule has 0 aliphatic rings. The number of benzene rings is 2. The summed E-state index contributed by atoms with van der Waals surface area (Å²) < 4.78 is 0. The quantitative estimate of drug-likeness (QED) is 0.825. The lowest BCUT2D eigenvalue weighted by molar-refractivity contribution is -0.115. The lowest BCUT2D eigenvalue weighted by atomic mass is 10.1. The van der Waals surface area contributed by atoms with Crippen molar-refractivity contribution in [3.05, 3.63) is 59.7 Å². The molecule has 2 aromatic carbocycles. The van der Waals surface area contributed by atoms with Crippen LogP contribution < -0.4 is 10.6 Å². The van der Waals surface area contributed by atoms with E-state index < -0.39 is 0 Å². The maximum absolute atomic E-state index is 12.1. The van der Waals surface area contributed by atoms with E-state index in [1.165, 1.54) is 5.56 Å². The summed E-state index contributed by atoms with van der Waals surface area (Å²) in [4.78, 5) is 14.2. The number of carbonyl (C=O) groups is 1. The van der Waals surface area contributed by atoms with Gasteiger partial charge >= 0.3 is 0 Å². The van der Waals surface area contributed by atoms with Crippen molar-refractivity contribution in [2.45, 2.75) is 13.3 Å². The first-order chi connectivity index (χ1) is 11.0. The van der Waals surface area contributed by atoms with Gasteiger partial charge in [0.2, 0.25) is 5.91 Å². The van der Waals surface area contributed by atoms with Crippen molar-refractivity contribution in [3.63, 3.8) is 0 Å². The third kappa shape index (κ3) is 6.12. The van der Waals surface area contributed by atoms with Gasteiger partial charge in [-0.05, 0) is 50.8 Å². The Bertz CT molecular complexity index is 635. The van der Waals surface area contributed by atoms with Crippen LogP contribution >= 0.6 is 0 Å². The molecular formula is C19H25N3O. The number of hydrogen-bond donors (Lipinski definition) is 2. The average molecular weight is 311 g/mol. The normalized spacial score (nSPS) is 10.6. The van der Waals surface area contributed by atoms with Gasteiger partial charge in [-0.3, -0.25) is 4.79 Å². The molecule has 0 radical (unpaired) electrons. The second-order valence-corrected chi connectivity index (χ2v) is 6.02. The first-order valence-corrected chi connectivity index (χ1v) is 7.87. The lowest BCUT2D eigenvalue weighted by Crippen LogP contribution is -2.20. The Morgan fingerprint density at radius 2 is 1.74 bits per heavy atom. The van der Waals surface area contributed by atoms with Crippen LogP contribution in [0, 0.1) is 6.92 Å². The third-order valence-corrected chi connectivity index (χ3v) is 3.50. The molecule has 122 valence electrons. The summed E-state index contributed by atoms with van der Waals surface area (Å²) >= 11 is 0. The average Bonchev–Trinajstić information content (AvgIpc) is 2.48. The van der Waals surface area contributed by atoms with Crippen molar-refractivity contribution < 1.29 is 4.79 Å². The molecule has 1 amide bonds. The Balaban J connectivity index is 1.84. The van der Waals surface area contributed by atoms with Gasteiger partial charge in [-0.1, -0.05) is 29.8 Å². The molecule has 0 atom stereocenters. The number of hydrogen-bond acceptors (Lipinski definition) is 3. The molecule has 4 nitrogen and oxygen atoms in total. The molecule has 0 bridgehead atoms. The van der Waals surface area contributed by atoms with Gasteiger partial charge in [0.05, 0.1) is 6.42 Å². The third-order valence-electron chi connectivity index (χ3n) is 3.50. The minimum atomic E-state index is 0.00363. The van der Waals surface area contributed by atoms with Crippen molar-refractivity contribution in [3.8, 4) is 0 Å². The van der Waals surface area contributed by atoms with Gasteiger partial charge in [-0.25, -0.2) is 0 Å². The van der Waals surface area contributed by atoms with E-state index in [0.717, 1.165) is 30.0 Å². The topological polar surface area (TPSA) is 44.4 Å². The first-order valence-electron chi connectivity index (χ1n) is 7.87. The Morgan fingerprint density at radius 1 is 1.04 bits per heavy atom. The van der Waals surface area contributed by atoms with Crippen LogP contribution in [0.1, 0.15) is 11.1 Å². The van der Waals surface area contributed by atoms with Crippen LogP contribution in [0.4, 0.5) is 11.4 Å². The van der Waals surface area contributed by atoms with E-state index in [2.05, 4.69) is 29.6 Å². The number of nitrogens with one attached hydrogen (secondary N) is 2. The van der Waals surface area contributed by atoms with Crippen molar-refractivity contribution in [2.75, 3.05) is 37.8 Å². The fraction of sp³-hybridized carbons (Fsp3) is 0.316. The molecule has 2 N–H and O–H groups in total. The van der Waals surface area contributed by atoms with E-state index in [-0.39, 0.29) is 5.91 Å². The van der Waals surface area contributed by atoms with Crippen LogP contribution in [0.15, 0.2) is 48.5 Å². The van der Waals surface area contributed by atoms with E-state index in [9.17, 15) is 4.79 Å². The highest BCUT2D eigenvalue weighted by Gasteiger charge is 2.04. The number of nitrogens with zero attached hydrogens (tertiary/aromatic N) is 1. The summed E-state index contributed by atoms with van der Waals surface area (Å²) in [5, 5.41) is 6.28. The minimum absolute atomic E-state index is 0.00363. The molecule has 0 aliphatic carbocycles. The number of carbonyl (C=O) groups excluding carboxylic acids is 1. The van der Waals surface area contributed by atoms with Gasteiger partial charge < -0.3 is 15.5 Å². The molecule has 4 heteroatoms. The van der Waals surface area contributed by atoms with Gasteiger partial charge in [0.15, 0.2) is 0 Å². The van der Waals surface area contributed by atoms with E-state index in [4.69, 9.17) is 0 Å². The summed E-state index contributed by atoms with van der Waals surface area (Å²) in [6.07, 6.45) is 0.393. The van der Waals surface area contributed by atoms with Gasteiger partial charge in [-0.2, -0.15) is 0 Å². The summed E-state index contributed by atoms with van der Waals surface area (Å²) in [5.74, 6) is 0.00363. The number of rotatable bonds is 7. The zero-order valence-corrected chi connectivity index (χ0v) is 14.1. The van der Waals surface area contributed by atoms with Crippen LogP contribution in [0.2, 0.25) is 0 Å². The van der Waals surface area contributed by atoms with Crippen molar-refractivity contribution in [1.82, 2.24) is 4.90 Å². The monoisotopic (exact) mass is 311 g/mol. The van der Waals surface area contributed by atoms with Crippen molar-refractivity contribution in [2.24, 2.45) is 0 Å². The van der Waals surface area contributed by atoms with E-state index in [0.29, 0.717) is 6.42 Å². The fourth-order valence-electron chi connectivity index (χ4n) is 2.31. The van der Waals surface area contributed by atoms with Gasteiger partial charge in [-0.15, -0.1) is 0 Å². The molecular weight excluding hydrogens is 286 g/mol. The summed E-state index contributed by atoms with van der Waals surface area (Å²) in [5.41, 5.74) is 4.08. The van der Waals surface area contributed by atoms with Crippen LogP contribution in [-0.2, 0) is 11.2 Å². The standard InChI is InChI=1S/C19H25N3O/c1-15-5-4-6-16(13-15)14-19(23)21-18-9-7-17(8-10-18)20-11-12-22(2)3/h4-10,13,20H,11-12,14H2,1-3H3,(H,21,23). The number of aryl methyl sites for hydroxylation is 1. The van der Waals surface area contributed by atoms with E-state index >= 15 is 0 Å². The Kier molecular flexibility index (Phi) is 6.18. The first kappa shape index (κ1) is 17.0. The predicted molar refractivity (Wildman–Crippen MR) is 97.0 cm³/mol.